The number of rotatable bonds is 8. The summed E-state index contributed by atoms with van der Waals surface area (Å²) in [5, 5.41) is 0. The maximum atomic E-state index is 12.7. The molecule has 1 aliphatic rings. The number of carbonyl (C=O) groups excluding carboxylic acids is 4. The average Bonchev–Trinajstić information content (AvgIpc) is 2.58. The second-order valence-electron chi connectivity index (χ2n) is 6.21. The van der Waals surface area contributed by atoms with Crippen LogP contribution in [-0.2, 0) is 23.9 Å². The number of nitrogens with zero attached hydrogens (tertiary/aromatic N) is 2. The number of amides is 2. The van der Waals surface area contributed by atoms with Gasteiger partial charge >= 0.3 is 0 Å². The van der Waals surface area contributed by atoms with Gasteiger partial charge in [-0.05, 0) is 12.8 Å². The number of hydrogen-bond donors (Lipinski definition) is 0. The van der Waals surface area contributed by atoms with Crippen LogP contribution in [0.3, 0.4) is 0 Å². The molecule has 0 unspecified atom stereocenters. The van der Waals surface area contributed by atoms with E-state index in [1.54, 1.807) is 21.0 Å². The van der Waals surface area contributed by atoms with Gasteiger partial charge in [0.15, 0.2) is 0 Å². The molecule has 24 heavy (non-hydrogen) atoms. The van der Waals surface area contributed by atoms with Crippen LogP contribution in [0.15, 0.2) is 0 Å². The van der Waals surface area contributed by atoms with Crippen molar-refractivity contribution in [3.8, 4) is 0 Å². The van der Waals surface area contributed by atoms with Crippen molar-refractivity contribution in [2.45, 2.75) is 33.1 Å². The van der Waals surface area contributed by atoms with E-state index in [4.69, 9.17) is 4.74 Å². The van der Waals surface area contributed by atoms with Crippen molar-refractivity contribution in [2.24, 2.45) is 11.8 Å². The summed E-state index contributed by atoms with van der Waals surface area (Å²) in [6.45, 7) is 5.07. The predicted molar refractivity (Wildman–Crippen MR) is 88.3 cm³/mol. The molecule has 2 amide bonds. The maximum absolute atomic E-state index is 12.7. The van der Waals surface area contributed by atoms with Gasteiger partial charge in [-0.1, -0.05) is 13.8 Å². The van der Waals surface area contributed by atoms with Gasteiger partial charge in [0.05, 0.1) is 13.2 Å². The largest absolute Gasteiger partial charge is 0.378 e. The van der Waals surface area contributed by atoms with Crippen LogP contribution < -0.4 is 0 Å². The van der Waals surface area contributed by atoms with E-state index >= 15 is 0 Å². The van der Waals surface area contributed by atoms with Crippen molar-refractivity contribution < 1.29 is 23.9 Å². The van der Waals surface area contributed by atoms with Crippen molar-refractivity contribution in [1.82, 2.24) is 9.80 Å². The second kappa shape index (κ2) is 9.52. The third-order valence-electron chi connectivity index (χ3n) is 4.24. The summed E-state index contributed by atoms with van der Waals surface area (Å²) in [4.78, 5) is 52.8. The van der Waals surface area contributed by atoms with Crippen molar-refractivity contribution >= 4 is 23.4 Å². The fourth-order valence-corrected chi connectivity index (χ4v) is 2.87. The van der Waals surface area contributed by atoms with E-state index in [0.717, 1.165) is 0 Å². The Morgan fingerprint density at radius 1 is 1.08 bits per heavy atom. The Morgan fingerprint density at radius 3 is 2.12 bits per heavy atom. The Labute approximate surface area is 143 Å². The van der Waals surface area contributed by atoms with Crippen LogP contribution in [0.25, 0.3) is 0 Å². The zero-order chi connectivity index (χ0) is 18.3. The summed E-state index contributed by atoms with van der Waals surface area (Å²) in [6.07, 6.45) is 1.09. The van der Waals surface area contributed by atoms with Gasteiger partial charge in [0.25, 0.3) is 5.91 Å². The fraction of sp³-hybridized carbons (Fsp3) is 0.765. The number of Topliss-reactive ketones (excluding diaryl/α,β-unsaturated/α-hetero) is 2. The normalized spacial score (nSPS) is 17.1. The van der Waals surface area contributed by atoms with Crippen molar-refractivity contribution in [3.63, 3.8) is 0 Å². The van der Waals surface area contributed by atoms with E-state index in [1.807, 2.05) is 6.92 Å². The quantitative estimate of drug-likeness (QED) is 0.475. The molecule has 7 heteroatoms. The van der Waals surface area contributed by atoms with Crippen LogP contribution >= 0.6 is 0 Å². The van der Waals surface area contributed by atoms with Gasteiger partial charge in [-0.3, -0.25) is 19.2 Å². The highest BCUT2D eigenvalue weighted by molar-refractivity contribution is 6.38. The SMILES string of the molecule is CCCC(=O)[C@H](C(=O)N(C)C)[C@@H](CC)C(=O)C(=O)N1CCOCC1. The third kappa shape index (κ3) is 4.87. The molecule has 0 aliphatic carbocycles. The van der Waals surface area contributed by atoms with Gasteiger partial charge in [0.1, 0.15) is 11.7 Å². The molecular weight excluding hydrogens is 312 g/mol. The first kappa shape index (κ1) is 20.3. The summed E-state index contributed by atoms with van der Waals surface area (Å²) >= 11 is 0. The van der Waals surface area contributed by atoms with Gasteiger partial charge in [0.2, 0.25) is 11.7 Å². The Balaban J connectivity index is 3.02. The van der Waals surface area contributed by atoms with Gasteiger partial charge in [0, 0.05) is 39.5 Å². The maximum Gasteiger partial charge on any atom is 0.290 e. The predicted octanol–water partition coefficient (Wildman–Crippen LogP) is 0.514. The molecule has 0 saturated carbocycles. The van der Waals surface area contributed by atoms with E-state index in [-0.39, 0.29) is 18.6 Å². The minimum Gasteiger partial charge on any atom is -0.378 e. The molecule has 0 aromatic carbocycles. The fourth-order valence-electron chi connectivity index (χ4n) is 2.87. The van der Waals surface area contributed by atoms with E-state index in [2.05, 4.69) is 0 Å². The average molecular weight is 340 g/mol. The van der Waals surface area contributed by atoms with E-state index in [1.165, 1.54) is 9.80 Å². The summed E-state index contributed by atoms with van der Waals surface area (Å²) in [5.74, 6) is -3.94. The second-order valence-corrected chi connectivity index (χ2v) is 6.21. The topological polar surface area (TPSA) is 84.0 Å². The van der Waals surface area contributed by atoms with Crippen molar-refractivity contribution in [3.05, 3.63) is 0 Å². The first-order valence-electron chi connectivity index (χ1n) is 8.49. The van der Waals surface area contributed by atoms with Crippen LogP contribution in [-0.4, -0.2) is 73.6 Å². The molecule has 7 nitrogen and oxygen atoms in total. The molecule has 1 aliphatic heterocycles. The van der Waals surface area contributed by atoms with E-state index < -0.39 is 29.4 Å². The molecule has 1 heterocycles. The summed E-state index contributed by atoms with van der Waals surface area (Å²) in [6, 6.07) is 0. The lowest BCUT2D eigenvalue weighted by atomic mass is 9.80. The standard InChI is InChI=1S/C17H28N2O5/c1-5-7-13(20)14(16(22)18(3)4)12(6-2)15(21)17(23)19-8-10-24-11-9-19/h12,14H,5-11H2,1-4H3/t12-,14-/m1/s1. The Bertz CT molecular complexity index is 483. The summed E-state index contributed by atoms with van der Waals surface area (Å²) < 4.78 is 5.18. The molecule has 0 bridgehead atoms. The number of hydrogen-bond acceptors (Lipinski definition) is 5. The van der Waals surface area contributed by atoms with Crippen LogP contribution in [0.2, 0.25) is 0 Å². The third-order valence-corrected chi connectivity index (χ3v) is 4.24. The highest BCUT2D eigenvalue weighted by atomic mass is 16.5. The van der Waals surface area contributed by atoms with Gasteiger partial charge in [-0.2, -0.15) is 0 Å². The number of morpholine rings is 1. The molecule has 0 aromatic heterocycles. The first-order valence-corrected chi connectivity index (χ1v) is 8.49. The molecule has 1 rings (SSSR count). The molecule has 1 fully saturated rings. The molecular formula is C17H28N2O5. The zero-order valence-electron chi connectivity index (χ0n) is 15.0. The van der Waals surface area contributed by atoms with Crippen LogP contribution in [0.1, 0.15) is 33.1 Å². The smallest absolute Gasteiger partial charge is 0.290 e. The Hall–Kier alpha value is -1.76. The van der Waals surface area contributed by atoms with Gasteiger partial charge in [-0.25, -0.2) is 0 Å². The van der Waals surface area contributed by atoms with Crippen molar-refractivity contribution in [1.29, 1.82) is 0 Å². The van der Waals surface area contributed by atoms with Crippen molar-refractivity contribution in [2.75, 3.05) is 40.4 Å². The zero-order valence-corrected chi connectivity index (χ0v) is 15.0. The van der Waals surface area contributed by atoms with E-state index in [9.17, 15) is 19.2 Å². The Kier molecular flexibility index (Phi) is 8.04. The molecule has 136 valence electrons. The molecule has 0 radical (unpaired) electrons. The highest BCUT2D eigenvalue weighted by Crippen LogP contribution is 2.23. The van der Waals surface area contributed by atoms with Crippen LogP contribution in [0.5, 0.6) is 0 Å². The monoisotopic (exact) mass is 340 g/mol. The molecule has 0 aromatic rings. The first-order chi connectivity index (χ1) is 11.3. The van der Waals surface area contributed by atoms with Gasteiger partial charge in [-0.15, -0.1) is 0 Å². The van der Waals surface area contributed by atoms with E-state index in [0.29, 0.717) is 32.7 Å². The minimum absolute atomic E-state index is 0.222. The number of ketones is 2. The molecule has 2 atom stereocenters. The molecule has 1 saturated heterocycles. The van der Waals surface area contributed by atoms with Gasteiger partial charge < -0.3 is 14.5 Å². The Morgan fingerprint density at radius 2 is 1.67 bits per heavy atom. The molecule has 0 N–H and O–H groups in total. The minimum atomic E-state index is -1.08. The lowest BCUT2D eigenvalue weighted by Gasteiger charge is -2.30. The lowest BCUT2D eigenvalue weighted by molar-refractivity contribution is -0.153. The van der Waals surface area contributed by atoms with Crippen LogP contribution in [0, 0.1) is 11.8 Å². The molecule has 0 spiro atoms. The summed E-state index contributed by atoms with van der Waals surface area (Å²) in [5.41, 5.74) is 0. The number of ether oxygens (including phenoxy) is 1. The summed E-state index contributed by atoms with van der Waals surface area (Å²) in [7, 11) is 3.10. The number of carbonyl (C=O) groups is 4. The van der Waals surface area contributed by atoms with Crippen LogP contribution in [0.4, 0.5) is 0 Å². The highest BCUT2D eigenvalue weighted by Gasteiger charge is 2.41. The lowest BCUT2D eigenvalue weighted by Crippen LogP contribution is -2.49.